The number of nitrogens with zero attached hydrogens (tertiary/aromatic N) is 4. The first kappa shape index (κ1) is 19.5. The molecule has 28 heavy (non-hydrogen) atoms. The van der Waals surface area contributed by atoms with E-state index in [4.69, 9.17) is 0 Å². The van der Waals surface area contributed by atoms with Crippen LogP contribution in [0.2, 0.25) is 0 Å². The summed E-state index contributed by atoms with van der Waals surface area (Å²) >= 11 is 1.12. The number of hydrogen-bond donors (Lipinski definition) is 0. The molecule has 0 radical (unpaired) electrons. The van der Waals surface area contributed by atoms with E-state index in [1.807, 2.05) is 30.3 Å². The molecule has 0 saturated carbocycles. The number of carbonyl (C=O) groups excluding carboxylic acids is 2. The number of azo groups is 1. The molecular weight excluding hydrogens is 376 g/mol. The van der Waals surface area contributed by atoms with Crippen LogP contribution >= 0.6 is 11.8 Å². The van der Waals surface area contributed by atoms with Crippen LogP contribution < -0.4 is 5.11 Å². The lowest BCUT2D eigenvalue weighted by atomic mass is 10.2. The van der Waals surface area contributed by atoms with Gasteiger partial charge < -0.3 is 9.90 Å². The Morgan fingerprint density at radius 3 is 2.29 bits per heavy atom. The van der Waals surface area contributed by atoms with Gasteiger partial charge in [-0.3, -0.25) is 9.69 Å². The van der Waals surface area contributed by atoms with E-state index in [0.717, 1.165) is 17.4 Å². The fourth-order valence-corrected chi connectivity index (χ4v) is 3.64. The summed E-state index contributed by atoms with van der Waals surface area (Å²) in [4.78, 5) is 29.1. The van der Waals surface area contributed by atoms with Crippen LogP contribution in [0.3, 0.4) is 0 Å². The third kappa shape index (κ3) is 4.92. The van der Waals surface area contributed by atoms with Crippen molar-refractivity contribution in [1.82, 2.24) is 4.90 Å². The lowest BCUT2D eigenvalue weighted by Gasteiger charge is -2.13. The predicted octanol–water partition coefficient (Wildman–Crippen LogP) is 3.36. The maximum atomic E-state index is 12.4. The quantitative estimate of drug-likeness (QED) is 0.532. The lowest BCUT2D eigenvalue weighted by Crippen LogP contribution is -2.35. The van der Waals surface area contributed by atoms with Crippen LogP contribution in [-0.4, -0.2) is 33.7 Å². The van der Waals surface area contributed by atoms with Crippen LogP contribution in [0.25, 0.3) is 0 Å². The average Bonchev–Trinajstić information content (AvgIpc) is 2.97. The molecule has 0 aromatic heterocycles. The number of carboxylic acid groups (broad SMARTS) is 1. The number of aliphatic imine (C=N–C) groups is 1. The molecule has 1 aliphatic heterocycles. The molecule has 0 bridgehead atoms. The lowest BCUT2D eigenvalue weighted by molar-refractivity contribution is -0.305. The standard InChI is InChI=1S/C20H18N4O3S/c1-2-12-24-19(27)17(13-18(25)26)28-20(24)21-14-8-10-16(11-9-14)23-22-15-6-4-3-5-7-15/h2-11,17H,1,12-13H2,(H,25,26)/p-1/t17-/m0/s1. The SMILES string of the molecule is C=CCN1C(=O)[C@H](CC(=O)[O-])SC1=Nc1ccc(N=Nc2ccccc2)cc1. The minimum atomic E-state index is -1.27. The van der Waals surface area contributed by atoms with Gasteiger partial charge in [-0.1, -0.05) is 36.0 Å². The van der Waals surface area contributed by atoms with Crippen LogP contribution in [0.5, 0.6) is 0 Å². The number of aliphatic carboxylic acids is 1. The zero-order valence-electron chi connectivity index (χ0n) is 14.9. The Labute approximate surface area is 166 Å². The Hall–Kier alpha value is -3.26. The molecule has 8 heteroatoms. The van der Waals surface area contributed by atoms with Crippen molar-refractivity contribution < 1.29 is 14.7 Å². The van der Waals surface area contributed by atoms with E-state index in [1.54, 1.807) is 30.3 Å². The molecule has 0 N–H and O–H groups in total. The minimum absolute atomic E-state index is 0.261. The maximum absolute atomic E-state index is 12.4. The molecule has 1 heterocycles. The van der Waals surface area contributed by atoms with Crippen molar-refractivity contribution in [1.29, 1.82) is 0 Å². The maximum Gasteiger partial charge on any atom is 0.242 e. The third-order valence-electron chi connectivity index (χ3n) is 3.80. The molecule has 7 nitrogen and oxygen atoms in total. The Kier molecular flexibility index (Phi) is 6.33. The molecule has 0 aliphatic carbocycles. The Morgan fingerprint density at radius 1 is 1.07 bits per heavy atom. The molecule has 0 unspecified atom stereocenters. The van der Waals surface area contributed by atoms with Gasteiger partial charge in [0.15, 0.2) is 5.17 Å². The van der Waals surface area contributed by atoms with Crippen molar-refractivity contribution in [2.45, 2.75) is 11.7 Å². The third-order valence-corrected chi connectivity index (χ3v) is 4.97. The minimum Gasteiger partial charge on any atom is -0.550 e. The van der Waals surface area contributed by atoms with Gasteiger partial charge in [0.25, 0.3) is 0 Å². The predicted molar refractivity (Wildman–Crippen MR) is 107 cm³/mol. The van der Waals surface area contributed by atoms with Crippen LogP contribution in [0.4, 0.5) is 17.1 Å². The topological polar surface area (TPSA) is 97.5 Å². The highest BCUT2D eigenvalue weighted by molar-refractivity contribution is 8.15. The summed E-state index contributed by atoms with van der Waals surface area (Å²) in [5.74, 6) is -1.57. The van der Waals surface area contributed by atoms with Gasteiger partial charge in [0.05, 0.1) is 22.3 Å². The van der Waals surface area contributed by atoms with E-state index in [9.17, 15) is 14.7 Å². The second kappa shape index (κ2) is 9.09. The molecule has 1 saturated heterocycles. The van der Waals surface area contributed by atoms with E-state index in [1.165, 1.54) is 4.90 Å². The highest BCUT2D eigenvalue weighted by Crippen LogP contribution is 2.32. The summed E-state index contributed by atoms with van der Waals surface area (Å²) in [6, 6.07) is 16.4. The second-order valence-corrected chi connectivity index (χ2v) is 7.04. The van der Waals surface area contributed by atoms with Gasteiger partial charge in [-0.15, -0.1) is 6.58 Å². The molecule has 1 fully saturated rings. The van der Waals surface area contributed by atoms with Crippen LogP contribution in [0.1, 0.15) is 6.42 Å². The van der Waals surface area contributed by atoms with E-state index in [2.05, 4.69) is 21.8 Å². The molecule has 1 amide bonds. The van der Waals surface area contributed by atoms with Gasteiger partial charge in [0, 0.05) is 18.9 Å². The first-order chi connectivity index (χ1) is 13.6. The highest BCUT2D eigenvalue weighted by atomic mass is 32.2. The van der Waals surface area contributed by atoms with Crippen molar-refractivity contribution in [2.24, 2.45) is 15.2 Å². The zero-order chi connectivity index (χ0) is 19.9. The number of benzene rings is 2. The number of thioether (sulfide) groups is 1. The zero-order valence-corrected chi connectivity index (χ0v) is 15.7. The van der Waals surface area contributed by atoms with Crippen molar-refractivity contribution in [3.63, 3.8) is 0 Å². The van der Waals surface area contributed by atoms with Gasteiger partial charge in [0.1, 0.15) is 0 Å². The van der Waals surface area contributed by atoms with E-state index >= 15 is 0 Å². The van der Waals surface area contributed by atoms with Gasteiger partial charge in [-0.25, -0.2) is 4.99 Å². The summed E-state index contributed by atoms with van der Waals surface area (Å²) in [6.07, 6.45) is 1.22. The van der Waals surface area contributed by atoms with E-state index in [-0.39, 0.29) is 18.9 Å². The van der Waals surface area contributed by atoms with Gasteiger partial charge in [-0.05, 0) is 36.4 Å². The van der Waals surface area contributed by atoms with Gasteiger partial charge in [-0.2, -0.15) is 10.2 Å². The summed E-state index contributed by atoms with van der Waals surface area (Å²) < 4.78 is 0. The highest BCUT2D eigenvalue weighted by Gasteiger charge is 2.37. The van der Waals surface area contributed by atoms with Crippen molar-refractivity contribution in [2.75, 3.05) is 6.54 Å². The Bertz CT molecular complexity index is 926. The number of carbonyl (C=O) groups is 2. The van der Waals surface area contributed by atoms with Crippen molar-refractivity contribution in [3.8, 4) is 0 Å². The normalized spacial score (nSPS) is 18.1. The van der Waals surface area contributed by atoms with Gasteiger partial charge >= 0.3 is 0 Å². The summed E-state index contributed by atoms with van der Waals surface area (Å²) in [5, 5.41) is 18.9. The summed E-state index contributed by atoms with van der Waals surface area (Å²) in [5.41, 5.74) is 2.05. The molecule has 2 aromatic rings. The summed E-state index contributed by atoms with van der Waals surface area (Å²) in [6.45, 7) is 3.89. The molecule has 3 rings (SSSR count). The number of amides is 1. The second-order valence-electron chi connectivity index (χ2n) is 5.87. The molecule has 0 spiro atoms. The first-order valence-corrected chi connectivity index (χ1v) is 9.39. The van der Waals surface area contributed by atoms with Crippen LogP contribution in [-0.2, 0) is 9.59 Å². The van der Waals surface area contributed by atoms with Crippen molar-refractivity contribution >= 4 is 45.9 Å². The van der Waals surface area contributed by atoms with Gasteiger partial charge in [0.2, 0.25) is 5.91 Å². The fourth-order valence-electron chi connectivity index (χ4n) is 2.49. The average molecular weight is 393 g/mol. The molecule has 142 valence electrons. The number of amidine groups is 1. The smallest absolute Gasteiger partial charge is 0.242 e. The number of rotatable bonds is 7. The Morgan fingerprint density at radius 2 is 1.68 bits per heavy atom. The first-order valence-electron chi connectivity index (χ1n) is 8.51. The monoisotopic (exact) mass is 393 g/mol. The van der Waals surface area contributed by atoms with Crippen LogP contribution in [0.15, 0.2) is 82.5 Å². The number of carboxylic acids is 1. The van der Waals surface area contributed by atoms with Crippen LogP contribution in [0, 0.1) is 0 Å². The number of hydrogen-bond acceptors (Lipinski definition) is 7. The van der Waals surface area contributed by atoms with E-state index in [0.29, 0.717) is 16.5 Å². The fraction of sp³-hybridized carbons (Fsp3) is 0.150. The van der Waals surface area contributed by atoms with Crippen molar-refractivity contribution in [3.05, 3.63) is 67.3 Å². The van der Waals surface area contributed by atoms with E-state index < -0.39 is 11.2 Å². The Balaban J connectivity index is 1.76. The molecular formula is C20H17N4O3S-. The molecule has 2 aromatic carbocycles. The largest absolute Gasteiger partial charge is 0.550 e. The summed E-state index contributed by atoms with van der Waals surface area (Å²) in [7, 11) is 0. The molecule has 1 aliphatic rings. The molecule has 1 atom stereocenters.